The van der Waals surface area contributed by atoms with E-state index in [4.69, 9.17) is 21.4 Å². The molecule has 0 heterocycles. The molecule has 0 bridgehead atoms. The highest BCUT2D eigenvalue weighted by molar-refractivity contribution is 7.80. The van der Waals surface area contributed by atoms with E-state index in [1.807, 2.05) is 93.6 Å². The summed E-state index contributed by atoms with van der Waals surface area (Å²) in [4.78, 5) is 67.7. The molecule has 2 atom stereocenters. The van der Waals surface area contributed by atoms with Crippen LogP contribution in [0.15, 0.2) is 72.8 Å². The van der Waals surface area contributed by atoms with Gasteiger partial charge in [0.15, 0.2) is 0 Å². The summed E-state index contributed by atoms with van der Waals surface area (Å²) in [6, 6.07) is 22.8. The lowest BCUT2D eigenvalue weighted by Crippen LogP contribution is -2.50. The summed E-state index contributed by atoms with van der Waals surface area (Å²) in [5.74, 6) is -2.52. The molecular weight excluding hydrogens is 767 g/mol. The van der Waals surface area contributed by atoms with Crippen molar-refractivity contribution in [2.45, 2.75) is 90.6 Å². The number of hydrogen-bond acceptors (Lipinski definition) is 11. The van der Waals surface area contributed by atoms with Crippen molar-refractivity contribution < 1.29 is 44.4 Å². The van der Waals surface area contributed by atoms with Crippen LogP contribution < -0.4 is 38.1 Å². The van der Waals surface area contributed by atoms with E-state index in [1.54, 1.807) is 0 Å². The SMILES string of the molecule is Cc1ccc(CCCC(=O)NC(CN)C(=O)NO)cc1.Cc1ccc(CCCC(=O)NC(CS)C(=O)NO)cc1.Cc1ccc(CCCC(=O)NCC(=O)NO)cc1. The Labute approximate surface area is 345 Å². The molecule has 0 aliphatic rings. The number of rotatable bonds is 20. The van der Waals surface area contributed by atoms with Crippen LogP contribution in [0.3, 0.4) is 0 Å². The summed E-state index contributed by atoms with van der Waals surface area (Å²) in [6.45, 7) is 5.83. The number of hydroxylamine groups is 3. The van der Waals surface area contributed by atoms with Crippen LogP contribution in [-0.4, -0.2) is 82.0 Å². The lowest BCUT2D eigenvalue weighted by atomic mass is 10.1. The van der Waals surface area contributed by atoms with Gasteiger partial charge in [0.05, 0.1) is 6.54 Å². The predicted octanol–water partition coefficient (Wildman–Crippen LogP) is 2.44. The largest absolute Gasteiger partial charge is 0.347 e. The van der Waals surface area contributed by atoms with E-state index < -0.39 is 29.8 Å². The van der Waals surface area contributed by atoms with Crippen molar-refractivity contribution in [3.8, 4) is 0 Å². The Morgan fingerprint density at radius 2 is 0.879 bits per heavy atom. The lowest BCUT2D eigenvalue weighted by Gasteiger charge is -2.14. The Morgan fingerprint density at radius 3 is 1.21 bits per heavy atom. The molecule has 0 spiro atoms. The van der Waals surface area contributed by atoms with E-state index in [-0.39, 0.29) is 36.6 Å². The van der Waals surface area contributed by atoms with Gasteiger partial charge in [-0.2, -0.15) is 12.6 Å². The topological polar surface area (TPSA) is 261 Å². The van der Waals surface area contributed by atoms with E-state index in [0.717, 1.165) is 25.7 Å². The van der Waals surface area contributed by atoms with E-state index >= 15 is 0 Å². The van der Waals surface area contributed by atoms with Crippen molar-refractivity contribution in [3.05, 3.63) is 106 Å². The number of hydrogen-bond donors (Lipinski definition) is 11. The molecule has 58 heavy (non-hydrogen) atoms. The smallest absolute Gasteiger partial charge is 0.267 e. The van der Waals surface area contributed by atoms with E-state index in [0.29, 0.717) is 32.1 Å². The van der Waals surface area contributed by atoms with Crippen molar-refractivity contribution >= 4 is 48.1 Å². The maximum absolute atomic E-state index is 11.7. The Hall–Kier alpha value is -5.33. The Balaban J connectivity index is 0.000000436. The molecule has 0 radical (unpaired) electrons. The normalized spacial score (nSPS) is 11.2. The molecule has 0 saturated carbocycles. The van der Waals surface area contributed by atoms with Crippen LogP contribution in [-0.2, 0) is 48.0 Å². The summed E-state index contributed by atoms with van der Waals surface area (Å²) in [6.07, 6.45) is 5.57. The number of carbonyl (C=O) groups excluding carboxylic acids is 6. The molecule has 3 rings (SSSR count). The van der Waals surface area contributed by atoms with Crippen molar-refractivity contribution in [2.24, 2.45) is 5.73 Å². The average Bonchev–Trinajstić information content (AvgIpc) is 3.23. The summed E-state index contributed by atoms with van der Waals surface area (Å²) in [7, 11) is 0. The van der Waals surface area contributed by atoms with Crippen LogP contribution in [0, 0.1) is 20.8 Å². The third kappa shape index (κ3) is 23.0. The summed E-state index contributed by atoms with van der Waals surface area (Å²) in [5.41, 5.74) is 17.0. The number of nitrogens with one attached hydrogen (secondary N) is 6. The second kappa shape index (κ2) is 29.8. The Bertz CT molecular complexity index is 1610. The summed E-state index contributed by atoms with van der Waals surface area (Å²) in [5, 5.41) is 32.7. The van der Waals surface area contributed by atoms with E-state index in [1.165, 1.54) is 49.8 Å². The van der Waals surface area contributed by atoms with Crippen molar-refractivity contribution in [1.82, 2.24) is 32.4 Å². The van der Waals surface area contributed by atoms with Crippen molar-refractivity contribution in [3.63, 3.8) is 0 Å². The monoisotopic (exact) mass is 825 g/mol. The van der Waals surface area contributed by atoms with Gasteiger partial charge in [0.1, 0.15) is 12.1 Å². The fourth-order valence-corrected chi connectivity index (χ4v) is 5.30. The van der Waals surface area contributed by atoms with Gasteiger partial charge in [0.2, 0.25) is 17.7 Å². The molecule has 0 saturated heterocycles. The molecule has 3 aromatic carbocycles. The number of thiol groups is 1. The second-order valence-corrected chi connectivity index (χ2v) is 13.8. The van der Waals surface area contributed by atoms with Crippen LogP contribution in [0.4, 0.5) is 0 Å². The second-order valence-electron chi connectivity index (χ2n) is 13.4. The Kier molecular flexibility index (Phi) is 26.1. The van der Waals surface area contributed by atoms with Gasteiger partial charge >= 0.3 is 0 Å². The molecule has 11 N–H and O–H groups in total. The zero-order chi connectivity index (χ0) is 43.3. The minimum atomic E-state index is -0.896. The molecule has 0 aliphatic carbocycles. The van der Waals surface area contributed by atoms with Gasteiger partial charge in [-0.15, -0.1) is 0 Å². The molecule has 6 amide bonds. The van der Waals surface area contributed by atoms with Crippen LogP contribution in [0.5, 0.6) is 0 Å². The minimum Gasteiger partial charge on any atom is -0.347 e. The van der Waals surface area contributed by atoms with Gasteiger partial charge in [-0.1, -0.05) is 89.5 Å². The van der Waals surface area contributed by atoms with Crippen LogP contribution >= 0.6 is 12.6 Å². The highest BCUT2D eigenvalue weighted by atomic mass is 32.1. The molecule has 0 aromatic heterocycles. The molecule has 16 nitrogen and oxygen atoms in total. The first-order chi connectivity index (χ1) is 27.7. The van der Waals surface area contributed by atoms with Gasteiger partial charge in [0, 0.05) is 31.6 Å². The van der Waals surface area contributed by atoms with Crippen molar-refractivity contribution in [1.29, 1.82) is 0 Å². The minimum absolute atomic E-state index is 0.0594. The quantitative estimate of drug-likeness (QED) is 0.0451. The zero-order valence-corrected chi connectivity index (χ0v) is 34.3. The first kappa shape index (κ1) is 50.7. The van der Waals surface area contributed by atoms with Gasteiger partial charge in [-0.25, -0.2) is 16.4 Å². The zero-order valence-electron chi connectivity index (χ0n) is 33.4. The molecule has 2 unspecified atom stereocenters. The Morgan fingerprint density at radius 1 is 0.534 bits per heavy atom. The number of benzene rings is 3. The fourth-order valence-electron chi connectivity index (χ4n) is 5.04. The van der Waals surface area contributed by atoms with Crippen LogP contribution in [0.1, 0.15) is 71.9 Å². The van der Waals surface area contributed by atoms with Crippen molar-refractivity contribution in [2.75, 3.05) is 18.8 Å². The molecule has 0 fully saturated rings. The van der Waals surface area contributed by atoms with E-state index in [9.17, 15) is 28.8 Å². The number of aryl methyl sites for hydroxylation is 6. The maximum atomic E-state index is 11.7. The third-order valence-electron chi connectivity index (χ3n) is 8.48. The highest BCUT2D eigenvalue weighted by Crippen LogP contribution is 2.09. The molecule has 3 aromatic rings. The van der Waals surface area contributed by atoms with Gasteiger partial charge in [-0.3, -0.25) is 44.4 Å². The summed E-state index contributed by atoms with van der Waals surface area (Å²) >= 11 is 3.95. The number of amides is 6. The number of nitrogens with two attached hydrogens (primary N) is 1. The molecule has 318 valence electrons. The first-order valence-electron chi connectivity index (χ1n) is 18.9. The van der Waals surface area contributed by atoms with Gasteiger partial charge in [0.25, 0.3) is 17.7 Å². The number of carbonyl (C=O) groups is 6. The fraction of sp³-hybridized carbons (Fsp3) is 0.415. The van der Waals surface area contributed by atoms with Gasteiger partial charge in [-0.05, 0) is 76.0 Å². The molecule has 17 heteroatoms. The van der Waals surface area contributed by atoms with Crippen LogP contribution in [0.25, 0.3) is 0 Å². The van der Waals surface area contributed by atoms with Gasteiger partial charge < -0.3 is 21.7 Å². The predicted molar refractivity (Wildman–Crippen MR) is 222 cm³/mol. The molecule has 0 aliphatic heterocycles. The van der Waals surface area contributed by atoms with E-state index in [2.05, 4.69) is 28.6 Å². The first-order valence-corrected chi connectivity index (χ1v) is 19.5. The highest BCUT2D eigenvalue weighted by Gasteiger charge is 2.19. The van der Waals surface area contributed by atoms with Crippen LogP contribution in [0.2, 0.25) is 0 Å². The lowest BCUT2D eigenvalue weighted by molar-refractivity contribution is -0.134. The summed E-state index contributed by atoms with van der Waals surface area (Å²) < 4.78 is 0. The maximum Gasteiger partial charge on any atom is 0.267 e. The third-order valence-corrected chi connectivity index (χ3v) is 8.85. The average molecular weight is 826 g/mol. The molecular formula is C41H59N7O9S. The standard InChI is InChI=1S/C14H21N3O3.C14H20N2O3S.C13H18N2O3/c1-10-5-7-11(8-6-10)3-2-4-13(18)16-12(9-15)14(19)17-20;1-10-5-7-11(8-6-10)3-2-4-13(17)15-12(9-20)14(18)16-19;1-10-5-7-11(8-6-10)3-2-4-12(16)14-9-13(17)15-18/h5-8,12,20H,2-4,9,15H2,1H3,(H,16,18)(H,17,19);5-8,12,19-20H,2-4,9H2,1H3,(H,15,17)(H,16,18);5-8,18H,2-4,9H2,1H3,(H,14,16)(H,15,17).